The fraction of sp³-hybridized carbons (Fsp3) is 0.389. The van der Waals surface area contributed by atoms with Gasteiger partial charge in [-0.15, -0.1) is 0 Å². The lowest BCUT2D eigenvalue weighted by Gasteiger charge is -2.34. The quantitative estimate of drug-likeness (QED) is 0.588. The van der Waals surface area contributed by atoms with Gasteiger partial charge in [-0.2, -0.15) is 0 Å². The molecule has 1 unspecified atom stereocenters. The fourth-order valence-electron chi connectivity index (χ4n) is 2.82. The minimum absolute atomic E-state index is 0.0256. The van der Waals surface area contributed by atoms with Gasteiger partial charge in [-0.3, -0.25) is 14.9 Å². The van der Waals surface area contributed by atoms with Crippen molar-refractivity contribution in [2.45, 2.75) is 13.0 Å². The first-order chi connectivity index (χ1) is 12.1. The first-order valence-corrected chi connectivity index (χ1v) is 8.31. The number of carbonyl (C=O) groups excluding carboxylic acids is 3. The summed E-state index contributed by atoms with van der Waals surface area (Å²) in [6.07, 6.45) is 0. The molecule has 2 N–H and O–H groups in total. The Hall–Kier alpha value is -2.85. The van der Waals surface area contributed by atoms with E-state index in [0.29, 0.717) is 11.1 Å². The number of nitrogens with one attached hydrogen (secondary N) is 2. The Bertz CT molecular complexity index is 740. The minimum atomic E-state index is -0.830. The van der Waals surface area contributed by atoms with E-state index in [1.807, 2.05) is 4.90 Å². The van der Waals surface area contributed by atoms with Crippen molar-refractivity contribution in [2.24, 2.45) is 0 Å². The van der Waals surface area contributed by atoms with Crippen LogP contribution >= 0.6 is 0 Å². The van der Waals surface area contributed by atoms with Crippen LogP contribution in [0.4, 0.5) is 4.79 Å². The minimum Gasteiger partial charge on any atom is -0.336 e. The predicted octanol–water partition coefficient (Wildman–Crippen LogP) is 0.0238. The van der Waals surface area contributed by atoms with Crippen molar-refractivity contribution in [1.29, 1.82) is 0 Å². The number of nitrogens with zero attached hydrogens (tertiary/aromatic N) is 2. The van der Waals surface area contributed by atoms with E-state index in [1.54, 1.807) is 24.3 Å². The largest absolute Gasteiger partial charge is 0.336 e. The number of benzene rings is 1. The number of rotatable bonds is 2. The number of imide groups is 1. The molecule has 0 aliphatic carbocycles. The smallest absolute Gasteiger partial charge is 0.322 e. The van der Waals surface area contributed by atoms with Gasteiger partial charge in [0.15, 0.2) is 6.04 Å². The summed E-state index contributed by atoms with van der Waals surface area (Å²) in [5.41, 5.74) is 1.31. The van der Waals surface area contributed by atoms with Gasteiger partial charge < -0.3 is 15.1 Å². The van der Waals surface area contributed by atoms with E-state index in [-0.39, 0.29) is 5.91 Å². The van der Waals surface area contributed by atoms with Gasteiger partial charge in [0.2, 0.25) is 0 Å². The molecule has 2 saturated heterocycles. The third-order valence-corrected chi connectivity index (χ3v) is 4.37. The van der Waals surface area contributed by atoms with Crippen molar-refractivity contribution in [3.63, 3.8) is 0 Å². The van der Waals surface area contributed by atoms with Gasteiger partial charge in [-0.05, 0) is 30.8 Å². The van der Waals surface area contributed by atoms with Gasteiger partial charge in [-0.1, -0.05) is 18.8 Å². The molecule has 2 fully saturated rings. The highest BCUT2D eigenvalue weighted by Gasteiger charge is 2.27. The molecule has 25 heavy (non-hydrogen) atoms. The van der Waals surface area contributed by atoms with Crippen LogP contribution in [0.15, 0.2) is 24.3 Å². The van der Waals surface area contributed by atoms with Crippen LogP contribution in [-0.4, -0.2) is 66.4 Å². The number of carbonyl (C=O) groups is 3. The molecule has 1 aromatic rings. The van der Waals surface area contributed by atoms with Crippen LogP contribution in [-0.2, 0) is 4.79 Å². The summed E-state index contributed by atoms with van der Waals surface area (Å²) < 4.78 is 0. The lowest BCUT2D eigenvalue weighted by Crippen LogP contribution is -2.48. The zero-order valence-corrected chi connectivity index (χ0v) is 14.0. The molecule has 2 aliphatic heterocycles. The normalized spacial score (nSPS) is 20.5. The molecule has 4 amide bonds. The molecule has 130 valence electrons. The van der Waals surface area contributed by atoms with Crippen LogP contribution in [0.3, 0.4) is 0 Å². The third kappa shape index (κ3) is 3.98. The molecule has 1 aromatic carbocycles. The average molecular weight is 340 g/mol. The van der Waals surface area contributed by atoms with Gasteiger partial charge in [-0.25, -0.2) is 4.79 Å². The summed E-state index contributed by atoms with van der Waals surface area (Å²) in [5, 5.41) is 4.54. The summed E-state index contributed by atoms with van der Waals surface area (Å²) in [6.45, 7) is 6.42. The Morgan fingerprint density at radius 3 is 2.40 bits per heavy atom. The summed E-state index contributed by atoms with van der Waals surface area (Å²) in [5.74, 6) is 5.12. The van der Waals surface area contributed by atoms with Crippen molar-refractivity contribution in [1.82, 2.24) is 20.4 Å². The lowest BCUT2D eigenvalue weighted by molar-refractivity contribution is -0.119. The second kappa shape index (κ2) is 7.36. The lowest BCUT2D eigenvalue weighted by atomic mass is 10.1. The molecule has 2 aliphatic rings. The Kier molecular flexibility index (Phi) is 5.00. The molecule has 7 nitrogen and oxygen atoms in total. The fourth-order valence-corrected chi connectivity index (χ4v) is 2.82. The summed E-state index contributed by atoms with van der Waals surface area (Å²) >= 11 is 0. The van der Waals surface area contributed by atoms with E-state index < -0.39 is 18.0 Å². The monoisotopic (exact) mass is 340 g/mol. The molecule has 0 saturated carbocycles. The van der Waals surface area contributed by atoms with Crippen LogP contribution in [0.5, 0.6) is 0 Å². The van der Waals surface area contributed by atoms with Crippen LogP contribution in [0.2, 0.25) is 0 Å². The van der Waals surface area contributed by atoms with Gasteiger partial charge >= 0.3 is 6.03 Å². The third-order valence-electron chi connectivity index (χ3n) is 4.37. The molecule has 3 rings (SSSR count). The topological polar surface area (TPSA) is 81.8 Å². The van der Waals surface area contributed by atoms with E-state index in [1.165, 1.54) is 0 Å². The van der Waals surface area contributed by atoms with Gasteiger partial charge in [0.05, 0.1) is 0 Å². The molecule has 0 bridgehead atoms. The Morgan fingerprint density at radius 1 is 1.16 bits per heavy atom. The van der Waals surface area contributed by atoms with E-state index in [0.717, 1.165) is 32.7 Å². The highest BCUT2D eigenvalue weighted by atomic mass is 16.2. The van der Waals surface area contributed by atoms with Crippen LogP contribution in [0.25, 0.3) is 0 Å². The van der Waals surface area contributed by atoms with E-state index in [2.05, 4.69) is 34.3 Å². The maximum absolute atomic E-state index is 12.5. The number of hydrogen-bond acceptors (Lipinski definition) is 4. The molecule has 2 heterocycles. The molecule has 0 radical (unpaired) electrons. The number of piperazine rings is 1. The van der Waals surface area contributed by atoms with Crippen molar-refractivity contribution in [3.05, 3.63) is 35.4 Å². The van der Waals surface area contributed by atoms with E-state index in [9.17, 15) is 14.4 Å². The first-order valence-electron chi connectivity index (χ1n) is 8.31. The second-order valence-electron chi connectivity index (χ2n) is 5.97. The summed E-state index contributed by atoms with van der Waals surface area (Å²) in [4.78, 5) is 39.2. The second-order valence-corrected chi connectivity index (χ2v) is 5.97. The maximum Gasteiger partial charge on any atom is 0.322 e. The summed E-state index contributed by atoms with van der Waals surface area (Å²) in [7, 11) is 0. The maximum atomic E-state index is 12.5. The van der Waals surface area contributed by atoms with Crippen LogP contribution in [0, 0.1) is 11.8 Å². The standard InChI is InChI=1S/C18H20N4O3/c1-2-21-9-11-22(12-10-21)17(24)14-6-3-13(4-7-14)5-8-15-16(23)20-18(25)19-15/h3-4,6-7,15H,2,9-12H2,1H3,(H2,19,20,23,25). The Labute approximate surface area is 146 Å². The molecule has 0 aromatic heterocycles. The van der Waals surface area contributed by atoms with Crippen molar-refractivity contribution >= 4 is 17.8 Å². The van der Waals surface area contributed by atoms with Crippen molar-refractivity contribution in [3.8, 4) is 11.8 Å². The average Bonchev–Trinajstić information content (AvgIpc) is 2.97. The van der Waals surface area contributed by atoms with E-state index >= 15 is 0 Å². The molecule has 7 heteroatoms. The van der Waals surface area contributed by atoms with Gasteiger partial charge in [0.1, 0.15) is 0 Å². The van der Waals surface area contributed by atoms with Gasteiger partial charge in [0, 0.05) is 37.3 Å². The first kappa shape index (κ1) is 17.0. The highest BCUT2D eigenvalue weighted by molar-refractivity contribution is 6.05. The van der Waals surface area contributed by atoms with E-state index in [4.69, 9.17) is 0 Å². The number of hydrogen-bond donors (Lipinski definition) is 2. The Morgan fingerprint density at radius 2 is 1.84 bits per heavy atom. The highest BCUT2D eigenvalue weighted by Crippen LogP contribution is 2.10. The van der Waals surface area contributed by atoms with Crippen LogP contribution < -0.4 is 10.6 Å². The van der Waals surface area contributed by atoms with Crippen LogP contribution in [0.1, 0.15) is 22.8 Å². The molecular weight excluding hydrogens is 320 g/mol. The molecular formula is C18H20N4O3. The predicted molar refractivity (Wildman–Crippen MR) is 91.8 cm³/mol. The molecule has 0 spiro atoms. The molecule has 1 atom stereocenters. The van der Waals surface area contributed by atoms with Gasteiger partial charge in [0.25, 0.3) is 11.8 Å². The number of likely N-dealkylation sites (N-methyl/N-ethyl adjacent to an activating group) is 1. The van der Waals surface area contributed by atoms with Crippen molar-refractivity contribution in [2.75, 3.05) is 32.7 Å². The van der Waals surface area contributed by atoms with Crippen molar-refractivity contribution < 1.29 is 14.4 Å². The zero-order valence-electron chi connectivity index (χ0n) is 14.0. The SMILES string of the molecule is CCN1CCN(C(=O)c2ccc(C#CC3NC(=O)NC3=O)cc2)CC1. The Balaban J connectivity index is 1.62. The summed E-state index contributed by atoms with van der Waals surface area (Å²) in [6, 6.07) is 5.61. The number of urea groups is 1. The number of amides is 4. The zero-order chi connectivity index (χ0) is 17.8.